The number of H-pyrrole nitrogens is 1. The number of benzene rings is 2. The molecule has 0 atom stereocenters. The number of amides is 2. The number of rotatable bonds is 4. The van der Waals surface area contributed by atoms with Gasteiger partial charge in [0.25, 0.3) is 5.91 Å². The molecule has 0 spiro atoms. The molecule has 1 heterocycles. The van der Waals surface area contributed by atoms with Crippen molar-refractivity contribution in [3.63, 3.8) is 0 Å². The van der Waals surface area contributed by atoms with Gasteiger partial charge in [0.05, 0.1) is 0 Å². The van der Waals surface area contributed by atoms with Crippen molar-refractivity contribution >= 4 is 34.1 Å². The van der Waals surface area contributed by atoms with Gasteiger partial charge in [0.15, 0.2) is 0 Å². The topological polar surface area (TPSA) is 112 Å². The number of carbonyl (C=O) groups excluding carboxylic acids is 2. The number of nitrogens with one attached hydrogen (secondary N) is 3. The fourth-order valence-electron chi connectivity index (χ4n) is 2.41. The molecule has 3 rings (SSSR count). The Bertz CT molecular complexity index is 955. The molecule has 5 N–H and O–H groups in total. The van der Waals surface area contributed by atoms with E-state index in [2.05, 4.69) is 10.3 Å². The third kappa shape index (κ3) is 3.03. The van der Waals surface area contributed by atoms with E-state index in [1.54, 1.807) is 55.5 Å². The summed E-state index contributed by atoms with van der Waals surface area (Å²) in [5.74, 6) is -0.795. The van der Waals surface area contributed by atoms with Crippen LogP contribution in [0.15, 0.2) is 48.5 Å². The minimum Gasteiger partial charge on any atom is -0.366 e. The van der Waals surface area contributed by atoms with Crippen LogP contribution in [-0.2, 0) is 0 Å². The summed E-state index contributed by atoms with van der Waals surface area (Å²) in [5.41, 5.74) is 8.71. The molecule has 0 saturated carbocycles. The molecule has 0 aliphatic rings. The van der Waals surface area contributed by atoms with Gasteiger partial charge in [-0.15, -0.1) is 0 Å². The molecule has 6 nitrogen and oxygen atoms in total. The first-order valence-corrected chi connectivity index (χ1v) is 7.33. The summed E-state index contributed by atoms with van der Waals surface area (Å²) in [5, 5.41) is 11.1. The van der Waals surface area contributed by atoms with E-state index >= 15 is 0 Å². The maximum absolute atomic E-state index is 12.3. The van der Waals surface area contributed by atoms with E-state index in [4.69, 9.17) is 11.1 Å². The molecule has 6 heteroatoms. The van der Waals surface area contributed by atoms with E-state index in [1.807, 2.05) is 0 Å². The summed E-state index contributed by atoms with van der Waals surface area (Å²) in [6.45, 7) is 1.71. The van der Waals surface area contributed by atoms with Gasteiger partial charge in [-0.2, -0.15) is 0 Å². The fourth-order valence-corrected chi connectivity index (χ4v) is 2.41. The Labute approximate surface area is 138 Å². The molecule has 2 amide bonds. The van der Waals surface area contributed by atoms with E-state index in [0.717, 1.165) is 16.5 Å². The van der Waals surface area contributed by atoms with Gasteiger partial charge in [0, 0.05) is 27.9 Å². The second kappa shape index (κ2) is 6.00. The van der Waals surface area contributed by atoms with E-state index in [1.165, 1.54) is 0 Å². The number of anilines is 1. The Morgan fingerprint density at radius 2 is 1.71 bits per heavy atom. The van der Waals surface area contributed by atoms with Crippen LogP contribution in [0, 0.1) is 5.41 Å². The van der Waals surface area contributed by atoms with Crippen molar-refractivity contribution in [3.05, 3.63) is 65.4 Å². The van der Waals surface area contributed by atoms with Crippen LogP contribution in [0.1, 0.15) is 33.3 Å². The lowest BCUT2D eigenvalue weighted by Gasteiger charge is -2.05. The Hall–Kier alpha value is -3.41. The maximum atomic E-state index is 12.3. The zero-order chi connectivity index (χ0) is 17.3. The summed E-state index contributed by atoms with van der Waals surface area (Å²) < 4.78 is 0. The van der Waals surface area contributed by atoms with Crippen LogP contribution in [0.5, 0.6) is 0 Å². The number of aromatic amines is 1. The zero-order valence-corrected chi connectivity index (χ0v) is 13.0. The third-order valence-electron chi connectivity index (χ3n) is 3.73. The molecule has 0 unspecified atom stereocenters. The number of fused-ring (bicyclic) bond motifs is 1. The molecule has 0 aliphatic heterocycles. The molecule has 0 fully saturated rings. The number of nitrogens with two attached hydrogens (primary N) is 1. The van der Waals surface area contributed by atoms with Crippen molar-refractivity contribution < 1.29 is 9.59 Å². The van der Waals surface area contributed by atoms with Crippen molar-refractivity contribution in [2.45, 2.75) is 6.92 Å². The zero-order valence-electron chi connectivity index (χ0n) is 13.0. The molecule has 120 valence electrons. The summed E-state index contributed by atoms with van der Waals surface area (Å²) >= 11 is 0. The standard InChI is InChI=1S/C18H16N4O2/c1-10(19)11-2-5-14(6-3-11)21-18(24)16-9-13-8-12(17(20)23)4-7-15(13)22-16/h2-9,19,22H,1H3,(H2,20,23)(H,21,24). The molecule has 0 aliphatic carbocycles. The van der Waals surface area contributed by atoms with E-state index in [0.29, 0.717) is 22.7 Å². The predicted octanol–water partition coefficient (Wildman–Crippen LogP) is 2.91. The molecule has 2 aromatic carbocycles. The number of hydrogen-bond acceptors (Lipinski definition) is 3. The second-order valence-electron chi connectivity index (χ2n) is 5.51. The largest absolute Gasteiger partial charge is 0.366 e. The van der Waals surface area contributed by atoms with Crippen LogP contribution in [0.3, 0.4) is 0 Å². The maximum Gasteiger partial charge on any atom is 0.272 e. The molecule has 24 heavy (non-hydrogen) atoms. The highest BCUT2D eigenvalue weighted by Crippen LogP contribution is 2.18. The minimum atomic E-state index is -0.509. The molecule has 1 aromatic heterocycles. The van der Waals surface area contributed by atoms with Crippen molar-refractivity contribution in [1.29, 1.82) is 5.41 Å². The van der Waals surface area contributed by atoms with E-state index in [9.17, 15) is 9.59 Å². The lowest BCUT2D eigenvalue weighted by Crippen LogP contribution is -2.12. The Morgan fingerprint density at radius 1 is 1.04 bits per heavy atom. The first kappa shape index (κ1) is 15.5. The van der Waals surface area contributed by atoms with Crippen LogP contribution in [0.4, 0.5) is 5.69 Å². The SMILES string of the molecule is CC(=N)c1ccc(NC(=O)c2cc3cc(C(N)=O)ccc3[nH]2)cc1. The number of aromatic nitrogens is 1. The summed E-state index contributed by atoms with van der Waals surface area (Å²) in [4.78, 5) is 26.6. The Balaban J connectivity index is 1.83. The molecule has 0 saturated heterocycles. The average molecular weight is 320 g/mol. The van der Waals surface area contributed by atoms with Gasteiger partial charge < -0.3 is 21.4 Å². The Kier molecular flexibility index (Phi) is 3.87. The molecule has 0 radical (unpaired) electrons. The number of carbonyl (C=O) groups is 2. The van der Waals surface area contributed by atoms with Gasteiger partial charge in [-0.3, -0.25) is 9.59 Å². The molecular weight excluding hydrogens is 304 g/mol. The van der Waals surface area contributed by atoms with Crippen LogP contribution in [0.2, 0.25) is 0 Å². The van der Waals surface area contributed by atoms with E-state index in [-0.39, 0.29) is 5.91 Å². The van der Waals surface area contributed by atoms with Crippen molar-refractivity contribution in [1.82, 2.24) is 4.98 Å². The van der Waals surface area contributed by atoms with Crippen molar-refractivity contribution in [2.75, 3.05) is 5.32 Å². The van der Waals surface area contributed by atoms with Crippen molar-refractivity contribution in [3.8, 4) is 0 Å². The lowest BCUT2D eigenvalue weighted by atomic mass is 10.1. The summed E-state index contributed by atoms with van der Waals surface area (Å²) in [6.07, 6.45) is 0. The number of primary amides is 1. The fraction of sp³-hybridized carbons (Fsp3) is 0.0556. The molecule has 0 bridgehead atoms. The van der Waals surface area contributed by atoms with Gasteiger partial charge >= 0.3 is 0 Å². The first-order chi connectivity index (χ1) is 11.4. The molecular formula is C18H16N4O2. The highest BCUT2D eigenvalue weighted by atomic mass is 16.2. The summed E-state index contributed by atoms with van der Waals surface area (Å²) in [6, 6.07) is 13.7. The third-order valence-corrected chi connectivity index (χ3v) is 3.73. The van der Waals surface area contributed by atoms with E-state index < -0.39 is 5.91 Å². The van der Waals surface area contributed by atoms with Crippen LogP contribution in [-0.4, -0.2) is 22.5 Å². The highest BCUT2D eigenvalue weighted by Gasteiger charge is 2.11. The van der Waals surface area contributed by atoms with Crippen molar-refractivity contribution in [2.24, 2.45) is 5.73 Å². The first-order valence-electron chi connectivity index (χ1n) is 7.33. The van der Waals surface area contributed by atoms with Crippen LogP contribution in [0.25, 0.3) is 10.9 Å². The smallest absolute Gasteiger partial charge is 0.272 e. The van der Waals surface area contributed by atoms with Gasteiger partial charge in [-0.1, -0.05) is 12.1 Å². The predicted molar refractivity (Wildman–Crippen MR) is 93.7 cm³/mol. The van der Waals surface area contributed by atoms with Gasteiger partial charge in [0.1, 0.15) is 5.69 Å². The Morgan fingerprint density at radius 3 is 2.33 bits per heavy atom. The van der Waals surface area contributed by atoms with Gasteiger partial charge in [-0.25, -0.2) is 0 Å². The van der Waals surface area contributed by atoms with Crippen LogP contribution >= 0.6 is 0 Å². The van der Waals surface area contributed by atoms with Crippen LogP contribution < -0.4 is 11.1 Å². The average Bonchev–Trinajstić information content (AvgIpc) is 2.98. The minimum absolute atomic E-state index is 0.286. The molecule has 3 aromatic rings. The van der Waals surface area contributed by atoms with Gasteiger partial charge in [0.2, 0.25) is 5.91 Å². The lowest BCUT2D eigenvalue weighted by molar-refractivity contribution is 0.0997. The summed E-state index contributed by atoms with van der Waals surface area (Å²) in [7, 11) is 0. The normalized spacial score (nSPS) is 10.5. The highest BCUT2D eigenvalue weighted by molar-refractivity contribution is 6.07. The quantitative estimate of drug-likeness (QED) is 0.554. The second-order valence-corrected chi connectivity index (χ2v) is 5.51. The monoisotopic (exact) mass is 320 g/mol. The van der Waals surface area contributed by atoms with Gasteiger partial charge in [-0.05, 0) is 48.9 Å². The number of hydrogen-bond donors (Lipinski definition) is 4.